The van der Waals surface area contributed by atoms with Gasteiger partial charge in [0, 0.05) is 19.0 Å². The Morgan fingerprint density at radius 1 is 1.05 bits per heavy atom. The van der Waals surface area contributed by atoms with Crippen LogP contribution < -0.4 is 22.1 Å². The molecule has 4 amide bonds. The number of benzene rings is 1. The number of hydrogen-bond donors (Lipinski definition) is 8. The zero-order valence-corrected chi connectivity index (χ0v) is 20.4. The van der Waals surface area contributed by atoms with Crippen molar-refractivity contribution in [3.8, 4) is 0 Å². The highest BCUT2D eigenvalue weighted by molar-refractivity contribution is 5.96. The third-order valence-corrected chi connectivity index (χ3v) is 5.68. The molecular weight excluding hydrogens is 508 g/mol. The molecule has 0 aliphatic carbocycles. The fourth-order valence-corrected chi connectivity index (χ4v) is 3.68. The average molecular weight is 541 g/mol. The van der Waals surface area contributed by atoms with Crippen molar-refractivity contribution >= 4 is 35.9 Å². The van der Waals surface area contributed by atoms with E-state index in [-0.39, 0.29) is 11.8 Å². The molecule has 10 N–H and O–H groups in total. The third kappa shape index (κ3) is 8.88. The van der Waals surface area contributed by atoms with Gasteiger partial charge in [0.1, 0.15) is 36.7 Å². The summed E-state index contributed by atoms with van der Waals surface area (Å²) in [5.41, 5.74) is 10.9. The summed E-state index contributed by atoms with van der Waals surface area (Å²) in [6.45, 7) is -1.04. The molecule has 7 atom stereocenters. The lowest BCUT2D eigenvalue weighted by atomic mass is 9.82. The number of aliphatic hydroxyl groups is 3. The van der Waals surface area contributed by atoms with E-state index < -0.39 is 91.3 Å². The lowest BCUT2D eigenvalue weighted by molar-refractivity contribution is -0.171. The van der Waals surface area contributed by atoms with Gasteiger partial charge in [-0.3, -0.25) is 24.0 Å². The zero-order valence-electron chi connectivity index (χ0n) is 20.4. The zero-order chi connectivity index (χ0) is 29.0. The van der Waals surface area contributed by atoms with Crippen LogP contribution in [0.4, 0.5) is 0 Å². The van der Waals surface area contributed by atoms with Gasteiger partial charge in [0.05, 0.1) is 18.4 Å². The molecule has 0 saturated carbocycles. The van der Waals surface area contributed by atoms with Gasteiger partial charge in [0.2, 0.25) is 17.7 Å². The molecule has 0 aliphatic rings. The highest BCUT2D eigenvalue weighted by atomic mass is 16.5. The number of amides is 4. The number of aldehydes is 1. The van der Waals surface area contributed by atoms with Crippen molar-refractivity contribution in [2.45, 2.75) is 43.3 Å². The van der Waals surface area contributed by atoms with Crippen LogP contribution in [0, 0.1) is 11.8 Å². The van der Waals surface area contributed by atoms with Crippen LogP contribution in [0.5, 0.6) is 0 Å². The van der Waals surface area contributed by atoms with Crippen LogP contribution in [-0.2, 0) is 28.7 Å². The normalized spacial score (nSPS) is 16.5. The summed E-state index contributed by atoms with van der Waals surface area (Å²) in [6.07, 6.45) is -9.18. The number of aliphatic carboxylic acids is 1. The van der Waals surface area contributed by atoms with E-state index in [0.29, 0.717) is 0 Å². The minimum absolute atomic E-state index is 0.0932. The Morgan fingerprint density at radius 3 is 2.11 bits per heavy atom. The maximum absolute atomic E-state index is 12.8. The molecule has 3 unspecified atom stereocenters. The van der Waals surface area contributed by atoms with Crippen molar-refractivity contribution < 1.29 is 53.9 Å². The number of likely N-dealkylation sites (N-methyl/N-ethyl adjacent to an activating group) is 1. The van der Waals surface area contributed by atoms with Crippen molar-refractivity contribution in [3.05, 3.63) is 35.9 Å². The molecule has 0 fully saturated rings. The van der Waals surface area contributed by atoms with Gasteiger partial charge in [-0.15, -0.1) is 0 Å². The Labute approximate surface area is 217 Å². The van der Waals surface area contributed by atoms with Crippen molar-refractivity contribution in [1.29, 1.82) is 0 Å². The number of aliphatic hydroxyl groups excluding tert-OH is 3. The van der Waals surface area contributed by atoms with E-state index >= 15 is 0 Å². The van der Waals surface area contributed by atoms with Gasteiger partial charge in [-0.2, -0.15) is 0 Å². The Morgan fingerprint density at radius 2 is 1.66 bits per heavy atom. The van der Waals surface area contributed by atoms with Crippen LogP contribution in [0.1, 0.15) is 23.2 Å². The first-order chi connectivity index (χ1) is 17.9. The van der Waals surface area contributed by atoms with Crippen LogP contribution in [-0.4, -0.2) is 100 Å². The van der Waals surface area contributed by atoms with Crippen molar-refractivity contribution in [2.24, 2.45) is 23.3 Å². The minimum Gasteiger partial charge on any atom is -0.481 e. The molecular formula is C23H32N4O11. The van der Waals surface area contributed by atoms with E-state index in [2.05, 4.69) is 10.6 Å². The van der Waals surface area contributed by atoms with E-state index in [4.69, 9.17) is 21.3 Å². The number of nitrogens with one attached hydrogen (secondary N) is 2. The lowest BCUT2D eigenvalue weighted by Crippen LogP contribution is -2.59. The molecule has 15 nitrogen and oxygen atoms in total. The first-order valence-corrected chi connectivity index (χ1v) is 11.3. The maximum Gasteiger partial charge on any atom is 0.303 e. The van der Waals surface area contributed by atoms with Gasteiger partial charge in [0.15, 0.2) is 0 Å². The lowest BCUT2D eigenvalue weighted by Gasteiger charge is -2.36. The fraction of sp³-hybridized carbons (Fsp3) is 0.478. The molecule has 210 valence electrons. The summed E-state index contributed by atoms with van der Waals surface area (Å²) >= 11 is 0. The molecule has 1 aromatic carbocycles. The molecule has 38 heavy (non-hydrogen) atoms. The van der Waals surface area contributed by atoms with Crippen molar-refractivity contribution in [2.75, 3.05) is 13.7 Å². The number of primary amides is 2. The van der Waals surface area contributed by atoms with E-state index in [9.17, 15) is 44.1 Å². The number of carboxylic acid groups (broad SMARTS) is 1. The SMILES string of the molecule is CNC(=O)C(O[C@@H]([C@H](O)[C@H](O)CO)[C@H](C=O)NC(=O)c1ccccc1)C(C(N)=O)C(CCC(=O)O)C(N)=O. The first-order valence-electron chi connectivity index (χ1n) is 11.3. The Hall–Kier alpha value is -3.92. The number of ether oxygens (including phenoxy) is 1. The van der Waals surface area contributed by atoms with Crippen molar-refractivity contribution in [1.82, 2.24) is 10.6 Å². The molecule has 1 rings (SSSR count). The molecule has 15 heteroatoms. The third-order valence-electron chi connectivity index (χ3n) is 5.68. The average Bonchev–Trinajstić information content (AvgIpc) is 2.89. The summed E-state index contributed by atoms with van der Waals surface area (Å²) < 4.78 is 5.60. The number of nitrogens with two attached hydrogens (primary N) is 2. The second-order valence-corrected chi connectivity index (χ2v) is 8.25. The smallest absolute Gasteiger partial charge is 0.303 e. The predicted molar refractivity (Wildman–Crippen MR) is 128 cm³/mol. The molecule has 0 aromatic heterocycles. The second-order valence-electron chi connectivity index (χ2n) is 8.25. The predicted octanol–water partition coefficient (Wildman–Crippen LogP) is -3.73. The minimum atomic E-state index is -2.13. The molecule has 0 spiro atoms. The summed E-state index contributed by atoms with van der Waals surface area (Å²) in [5, 5.41) is 43.5. The van der Waals surface area contributed by atoms with Gasteiger partial charge in [-0.25, -0.2) is 0 Å². The number of carboxylic acids is 1. The van der Waals surface area contributed by atoms with Crippen molar-refractivity contribution in [3.63, 3.8) is 0 Å². The molecule has 0 radical (unpaired) electrons. The highest BCUT2D eigenvalue weighted by Crippen LogP contribution is 2.26. The van der Waals surface area contributed by atoms with Gasteiger partial charge in [-0.05, 0) is 18.6 Å². The van der Waals surface area contributed by atoms with Gasteiger partial charge in [0.25, 0.3) is 5.91 Å². The monoisotopic (exact) mass is 540 g/mol. The molecule has 0 bridgehead atoms. The van der Waals surface area contributed by atoms with E-state index in [1.807, 2.05) is 0 Å². The van der Waals surface area contributed by atoms with Gasteiger partial charge >= 0.3 is 5.97 Å². The standard InChI is InChI=1S/C23H32N4O11/c1-26-23(37)19(16(21(25)35)12(20(24)34)7-8-15(31)32)38-18(17(33)14(30)10-29)13(9-28)27-22(36)11-5-3-2-4-6-11/h2-6,9,12-14,16-19,29-30,33H,7-8,10H2,1H3,(H2,24,34)(H2,25,35)(H,26,37)(H,27,36)(H,31,32)/t12?,13-,14+,16?,17+,18+,19?/m0/s1. The summed E-state index contributed by atoms with van der Waals surface area (Å²) in [4.78, 5) is 73.0. The van der Waals surface area contributed by atoms with Crippen LogP contribution in [0.2, 0.25) is 0 Å². The van der Waals surface area contributed by atoms with Crippen LogP contribution in [0.15, 0.2) is 30.3 Å². The van der Waals surface area contributed by atoms with E-state index in [1.54, 1.807) is 6.07 Å². The van der Waals surface area contributed by atoms with Crippen LogP contribution >= 0.6 is 0 Å². The summed E-state index contributed by atoms with van der Waals surface area (Å²) in [6, 6.07) is 5.72. The number of carbonyl (C=O) groups is 6. The second kappa shape index (κ2) is 15.4. The molecule has 1 aromatic rings. The molecule has 0 saturated heterocycles. The largest absolute Gasteiger partial charge is 0.481 e. The number of carbonyl (C=O) groups excluding carboxylic acids is 5. The fourth-order valence-electron chi connectivity index (χ4n) is 3.68. The van der Waals surface area contributed by atoms with Gasteiger partial charge < -0.3 is 52.1 Å². The van der Waals surface area contributed by atoms with Gasteiger partial charge in [-0.1, -0.05) is 18.2 Å². The Kier molecular flexibility index (Phi) is 13.0. The quantitative estimate of drug-likeness (QED) is 0.0889. The number of hydrogen-bond acceptors (Lipinski definition) is 10. The molecule has 0 aliphatic heterocycles. The number of rotatable bonds is 17. The van der Waals surface area contributed by atoms with E-state index in [0.717, 1.165) is 7.05 Å². The first kappa shape index (κ1) is 32.1. The highest BCUT2D eigenvalue weighted by Gasteiger charge is 2.46. The Balaban J connectivity index is 3.54. The van der Waals surface area contributed by atoms with Crippen LogP contribution in [0.25, 0.3) is 0 Å². The summed E-state index contributed by atoms with van der Waals surface area (Å²) in [5.74, 6) is -9.29. The van der Waals surface area contributed by atoms with E-state index in [1.165, 1.54) is 24.3 Å². The molecule has 0 heterocycles. The Bertz CT molecular complexity index is 991. The topological polar surface area (TPSA) is 269 Å². The van der Waals surface area contributed by atoms with Crippen LogP contribution in [0.3, 0.4) is 0 Å². The maximum atomic E-state index is 12.8. The summed E-state index contributed by atoms with van der Waals surface area (Å²) in [7, 11) is 1.12.